The lowest BCUT2D eigenvalue weighted by Gasteiger charge is -2.12. The van der Waals surface area contributed by atoms with Crippen molar-refractivity contribution in [1.29, 1.82) is 0 Å². The van der Waals surface area contributed by atoms with E-state index in [0.29, 0.717) is 39.2 Å². The number of hydrogen-bond donors (Lipinski definition) is 1. The quantitative estimate of drug-likeness (QED) is 0.231. The number of carbonyl (C=O) groups is 2. The highest BCUT2D eigenvalue weighted by Crippen LogP contribution is 2.29. The molecule has 0 radical (unpaired) electrons. The minimum Gasteiger partial charge on any atom is -0.353 e. The largest absolute Gasteiger partial charge is 0.353 e. The van der Waals surface area contributed by atoms with Crippen molar-refractivity contribution in [2.45, 2.75) is 0 Å². The molecule has 0 fully saturated rings. The molecule has 0 saturated heterocycles. The number of aldehydes is 1. The summed E-state index contributed by atoms with van der Waals surface area (Å²) in [5.74, 6) is -0.352. The van der Waals surface area contributed by atoms with Crippen LogP contribution in [0, 0.1) is 0 Å². The summed E-state index contributed by atoms with van der Waals surface area (Å²) in [7, 11) is 1.29. The van der Waals surface area contributed by atoms with Crippen LogP contribution in [-0.4, -0.2) is 44.6 Å². The molecular weight excluding hydrogens is 432 g/mol. The van der Waals surface area contributed by atoms with Gasteiger partial charge in [-0.3, -0.25) is 19.8 Å². The van der Waals surface area contributed by atoms with Gasteiger partial charge in [0, 0.05) is 42.0 Å². The van der Waals surface area contributed by atoms with Gasteiger partial charge in [-0.1, -0.05) is 53.7 Å². The van der Waals surface area contributed by atoms with Crippen LogP contribution in [0.3, 0.4) is 0 Å². The van der Waals surface area contributed by atoms with Crippen molar-refractivity contribution < 1.29 is 19.3 Å². The molecule has 0 unspecified atom stereocenters. The Morgan fingerprint density at radius 2 is 1.53 bits per heavy atom. The van der Waals surface area contributed by atoms with Crippen LogP contribution in [0.4, 0.5) is 0 Å². The monoisotopic (exact) mass is 450 g/mol. The Kier molecular flexibility index (Phi) is 5.41. The average molecular weight is 450 g/mol. The number of pyridine rings is 2. The Balaban J connectivity index is 1.46. The molecule has 5 rings (SSSR count). The third-order valence-electron chi connectivity index (χ3n) is 5.47. The van der Waals surface area contributed by atoms with Crippen LogP contribution >= 0.6 is 0 Å². The summed E-state index contributed by atoms with van der Waals surface area (Å²) in [5.41, 5.74) is 5.83. The minimum atomic E-state index is -0.536. The zero-order valence-electron chi connectivity index (χ0n) is 18.0. The Morgan fingerprint density at radius 1 is 0.912 bits per heavy atom. The molecular formula is C26H18N4O4. The van der Waals surface area contributed by atoms with E-state index in [4.69, 9.17) is 4.52 Å². The van der Waals surface area contributed by atoms with Crippen LogP contribution < -0.4 is 0 Å². The van der Waals surface area contributed by atoms with E-state index in [0.717, 1.165) is 22.3 Å². The van der Waals surface area contributed by atoms with Gasteiger partial charge in [0.1, 0.15) is 5.69 Å². The summed E-state index contributed by atoms with van der Waals surface area (Å²) >= 11 is 0. The molecule has 5 aromatic rings. The topological polar surface area (TPSA) is 109 Å². The number of fused-ring (bicyclic) bond motifs is 1. The van der Waals surface area contributed by atoms with Crippen molar-refractivity contribution in [3.05, 3.63) is 90.4 Å². The van der Waals surface area contributed by atoms with Crippen molar-refractivity contribution in [3.8, 4) is 33.6 Å². The summed E-state index contributed by atoms with van der Waals surface area (Å²) in [6.45, 7) is 0. The second kappa shape index (κ2) is 8.68. The van der Waals surface area contributed by atoms with E-state index in [2.05, 4.69) is 15.1 Å². The van der Waals surface area contributed by atoms with Gasteiger partial charge >= 0.3 is 0 Å². The van der Waals surface area contributed by atoms with Gasteiger partial charge in [0.2, 0.25) is 0 Å². The van der Waals surface area contributed by atoms with Crippen LogP contribution in [0.25, 0.3) is 44.5 Å². The van der Waals surface area contributed by atoms with Gasteiger partial charge in [-0.05, 0) is 23.3 Å². The van der Waals surface area contributed by atoms with E-state index < -0.39 is 5.91 Å². The number of aromatic nitrogens is 3. The van der Waals surface area contributed by atoms with E-state index in [1.807, 2.05) is 48.5 Å². The van der Waals surface area contributed by atoms with Crippen molar-refractivity contribution in [1.82, 2.24) is 20.2 Å². The molecule has 8 nitrogen and oxygen atoms in total. The molecule has 1 N–H and O–H groups in total. The first-order valence-corrected chi connectivity index (χ1v) is 10.4. The molecule has 8 heteroatoms. The summed E-state index contributed by atoms with van der Waals surface area (Å²) in [6, 6.07) is 20.6. The fourth-order valence-corrected chi connectivity index (χ4v) is 3.72. The summed E-state index contributed by atoms with van der Waals surface area (Å²) in [4.78, 5) is 32.1. The maximum atomic E-state index is 12.5. The maximum Gasteiger partial charge on any atom is 0.277 e. The number of hydrogen-bond acceptors (Lipinski definition) is 7. The van der Waals surface area contributed by atoms with E-state index in [1.165, 1.54) is 7.05 Å². The fourth-order valence-electron chi connectivity index (χ4n) is 3.72. The van der Waals surface area contributed by atoms with Gasteiger partial charge in [0.25, 0.3) is 5.91 Å². The smallest absolute Gasteiger partial charge is 0.277 e. The van der Waals surface area contributed by atoms with Crippen molar-refractivity contribution in [3.63, 3.8) is 0 Å². The Morgan fingerprint density at radius 3 is 2.12 bits per heavy atom. The lowest BCUT2D eigenvalue weighted by molar-refractivity contribution is -0.0373. The number of rotatable bonds is 5. The van der Waals surface area contributed by atoms with Gasteiger partial charge in [0.15, 0.2) is 12.0 Å². The molecule has 34 heavy (non-hydrogen) atoms. The van der Waals surface area contributed by atoms with Crippen LogP contribution in [-0.2, 0) is 0 Å². The van der Waals surface area contributed by atoms with Crippen LogP contribution in [0.2, 0.25) is 0 Å². The molecule has 0 aliphatic carbocycles. The number of nitrogens with zero attached hydrogens (tertiary/aromatic N) is 4. The molecule has 3 aromatic heterocycles. The molecule has 1 amide bonds. The molecule has 0 aliphatic rings. The van der Waals surface area contributed by atoms with E-state index in [9.17, 15) is 14.8 Å². The third-order valence-corrected chi connectivity index (χ3v) is 5.47. The lowest BCUT2D eigenvalue weighted by atomic mass is 9.99. The SMILES string of the molecule is CN(O)C(=O)c1cc(-c2ccc(-c3ccc(-c4cc(C=O)on4)cc3)cc2)nc2ccncc12. The molecule has 166 valence electrons. The summed E-state index contributed by atoms with van der Waals surface area (Å²) in [5, 5.41) is 14.7. The fraction of sp³-hybridized carbons (Fsp3) is 0.0385. The number of carbonyl (C=O) groups excluding carboxylic acids is 2. The molecule has 0 spiro atoms. The zero-order chi connectivity index (χ0) is 23.7. The van der Waals surface area contributed by atoms with Gasteiger partial charge in [0.05, 0.1) is 16.8 Å². The van der Waals surface area contributed by atoms with Crippen molar-refractivity contribution in [2.24, 2.45) is 0 Å². The van der Waals surface area contributed by atoms with Gasteiger partial charge in [-0.2, -0.15) is 0 Å². The molecule has 0 aliphatic heterocycles. The second-order valence-electron chi connectivity index (χ2n) is 7.66. The summed E-state index contributed by atoms with van der Waals surface area (Å²) < 4.78 is 4.94. The minimum absolute atomic E-state index is 0.184. The lowest BCUT2D eigenvalue weighted by Crippen LogP contribution is -2.23. The Bertz CT molecular complexity index is 1510. The first-order valence-electron chi connectivity index (χ1n) is 10.4. The first kappa shape index (κ1) is 21.2. The van der Waals surface area contributed by atoms with Crippen molar-refractivity contribution in [2.75, 3.05) is 7.05 Å². The zero-order valence-corrected chi connectivity index (χ0v) is 18.0. The number of hydroxylamine groups is 2. The second-order valence-corrected chi connectivity index (χ2v) is 7.66. The van der Waals surface area contributed by atoms with Crippen LogP contribution in [0.5, 0.6) is 0 Å². The number of amides is 1. The van der Waals surface area contributed by atoms with Crippen LogP contribution in [0.1, 0.15) is 20.9 Å². The third kappa shape index (κ3) is 3.94. The molecule has 2 aromatic carbocycles. The molecule has 0 atom stereocenters. The standard InChI is InChI=1S/C26H18N4O4/c1-30(33)26(32)21-13-24(28-23-10-11-27-14-22(21)23)18-6-2-16(3-7-18)17-4-8-19(9-5-17)25-12-20(15-31)34-29-25/h2-15,33H,1H3. The maximum absolute atomic E-state index is 12.5. The predicted octanol–water partition coefficient (Wildman–Crippen LogP) is 4.89. The summed E-state index contributed by atoms with van der Waals surface area (Å²) in [6.07, 6.45) is 3.80. The molecule has 0 saturated carbocycles. The normalized spacial score (nSPS) is 10.9. The van der Waals surface area contributed by atoms with E-state index >= 15 is 0 Å². The van der Waals surface area contributed by atoms with Gasteiger partial charge in [-0.15, -0.1) is 0 Å². The predicted molar refractivity (Wildman–Crippen MR) is 125 cm³/mol. The highest BCUT2D eigenvalue weighted by atomic mass is 16.5. The van der Waals surface area contributed by atoms with Gasteiger partial charge < -0.3 is 4.52 Å². The Labute approximate surface area is 194 Å². The van der Waals surface area contributed by atoms with Crippen molar-refractivity contribution >= 4 is 23.1 Å². The Hall–Kier alpha value is -4.69. The van der Waals surface area contributed by atoms with E-state index in [-0.39, 0.29) is 5.76 Å². The molecule has 0 bridgehead atoms. The van der Waals surface area contributed by atoms with E-state index in [1.54, 1.807) is 30.6 Å². The van der Waals surface area contributed by atoms with Crippen LogP contribution in [0.15, 0.2) is 83.6 Å². The average Bonchev–Trinajstić information content (AvgIpc) is 3.37. The van der Waals surface area contributed by atoms with Gasteiger partial charge in [-0.25, -0.2) is 10.0 Å². The number of benzene rings is 2. The highest BCUT2D eigenvalue weighted by Gasteiger charge is 2.17. The molecule has 3 heterocycles. The first-order chi connectivity index (χ1) is 16.5. The highest BCUT2D eigenvalue weighted by molar-refractivity contribution is 6.06.